The number of hydrogen-bond donors (Lipinski definition) is 1. The molecule has 118 valence electrons. The van der Waals surface area contributed by atoms with Crippen LogP contribution in [0.25, 0.3) is 6.08 Å². The molecule has 0 spiro atoms. The molecule has 2 aromatic rings. The third-order valence-corrected chi connectivity index (χ3v) is 3.26. The summed E-state index contributed by atoms with van der Waals surface area (Å²) >= 11 is 5.26. The second-order valence-electron chi connectivity index (χ2n) is 4.90. The van der Waals surface area contributed by atoms with E-state index < -0.39 is 0 Å². The second-order valence-corrected chi connectivity index (χ2v) is 5.34. The molecule has 0 atom stereocenters. The number of carbonyl (C=O) groups is 1. The minimum atomic E-state index is -0.318. The molecule has 1 N–H and O–H groups in total. The normalized spacial score (nSPS) is 10.5. The van der Waals surface area contributed by atoms with Crippen LogP contribution < -0.4 is 10.1 Å². The van der Waals surface area contributed by atoms with E-state index in [9.17, 15) is 4.79 Å². The molecular weight excluding hydrogens is 308 g/mol. The van der Waals surface area contributed by atoms with Gasteiger partial charge in [0.25, 0.3) is 0 Å². The average Bonchev–Trinajstić information content (AvgIpc) is 2.54. The first-order valence-corrected chi connectivity index (χ1v) is 7.67. The third kappa shape index (κ3) is 6.40. The SMILES string of the molecule is CC(=O)Oc1cccc(CCNC(=S)/C=C/c2cccnc2)c1. The van der Waals surface area contributed by atoms with Gasteiger partial charge in [-0.15, -0.1) is 0 Å². The number of aromatic nitrogens is 1. The lowest BCUT2D eigenvalue weighted by atomic mass is 10.1. The van der Waals surface area contributed by atoms with Crippen LogP contribution in [0.1, 0.15) is 18.1 Å². The first-order valence-electron chi connectivity index (χ1n) is 7.27. The van der Waals surface area contributed by atoms with Crippen molar-refractivity contribution in [3.63, 3.8) is 0 Å². The molecule has 1 heterocycles. The van der Waals surface area contributed by atoms with Crippen LogP contribution in [-0.4, -0.2) is 22.5 Å². The van der Waals surface area contributed by atoms with Gasteiger partial charge in [0.1, 0.15) is 5.75 Å². The summed E-state index contributed by atoms with van der Waals surface area (Å²) in [5.74, 6) is 0.246. The maximum Gasteiger partial charge on any atom is 0.308 e. The molecule has 1 aromatic carbocycles. The van der Waals surface area contributed by atoms with Gasteiger partial charge in [0.15, 0.2) is 0 Å². The second kappa shape index (κ2) is 8.80. The van der Waals surface area contributed by atoms with Crippen molar-refractivity contribution in [3.05, 3.63) is 66.0 Å². The summed E-state index contributed by atoms with van der Waals surface area (Å²) in [7, 11) is 0. The van der Waals surface area contributed by atoms with E-state index in [-0.39, 0.29) is 5.97 Å². The highest BCUT2D eigenvalue weighted by Gasteiger charge is 2.00. The largest absolute Gasteiger partial charge is 0.427 e. The molecule has 23 heavy (non-hydrogen) atoms. The zero-order valence-corrected chi connectivity index (χ0v) is 13.7. The summed E-state index contributed by atoms with van der Waals surface area (Å²) in [5, 5.41) is 3.18. The number of hydrogen-bond acceptors (Lipinski definition) is 4. The van der Waals surface area contributed by atoms with E-state index in [4.69, 9.17) is 17.0 Å². The Bertz CT molecular complexity index is 699. The molecule has 0 saturated heterocycles. The Kier molecular flexibility index (Phi) is 6.44. The minimum Gasteiger partial charge on any atom is -0.427 e. The molecule has 0 amide bonds. The van der Waals surface area contributed by atoms with Gasteiger partial charge in [0.2, 0.25) is 0 Å². The lowest BCUT2D eigenvalue weighted by molar-refractivity contribution is -0.131. The summed E-state index contributed by atoms with van der Waals surface area (Å²) in [4.78, 5) is 15.7. The van der Waals surface area contributed by atoms with E-state index >= 15 is 0 Å². The fraction of sp³-hybridized carbons (Fsp3) is 0.167. The number of pyridine rings is 1. The highest BCUT2D eigenvalue weighted by Crippen LogP contribution is 2.13. The van der Waals surface area contributed by atoms with Crippen LogP contribution in [0.15, 0.2) is 54.9 Å². The van der Waals surface area contributed by atoms with Crippen LogP contribution >= 0.6 is 12.2 Å². The van der Waals surface area contributed by atoms with Gasteiger partial charge in [-0.25, -0.2) is 0 Å². The molecular formula is C18H18N2O2S. The molecule has 4 nitrogen and oxygen atoms in total. The minimum absolute atomic E-state index is 0.318. The fourth-order valence-electron chi connectivity index (χ4n) is 1.97. The van der Waals surface area contributed by atoms with E-state index in [1.165, 1.54) is 6.92 Å². The summed E-state index contributed by atoms with van der Waals surface area (Å²) in [6.07, 6.45) is 8.07. The van der Waals surface area contributed by atoms with Gasteiger partial charge in [-0.3, -0.25) is 9.78 Å². The van der Waals surface area contributed by atoms with Gasteiger partial charge in [-0.2, -0.15) is 0 Å². The Morgan fingerprint density at radius 1 is 1.35 bits per heavy atom. The summed E-state index contributed by atoms with van der Waals surface area (Å²) in [6, 6.07) is 11.3. The zero-order valence-electron chi connectivity index (χ0n) is 12.9. The highest BCUT2D eigenvalue weighted by atomic mass is 32.1. The van der Waals surface area contributed by atoms with Crippen molar-refractivity contribution < 1.29 is 9.53 Å². The topological polar surface area (TPSA) is 51.2 Å². The van der Waals surface area contributed by atoms with Crippen molar-refractivity contribution in [2.45, 2.75) is 13.3 Å². The quantitative estimate of drug-likeness (QED) is 0.382. The maximum atomic E-state index is 11.0. The standard InChI is InChI=1S/C18H18N2O2S/c1-14(21)22-17-6-2-4-15(12-17)9-11-20-18(23)8-7-16-5-3-10-19-13-16/h2-8,10,12-13H,9,11H2,1H3,(H,20,23)/b8-7+. The number of thiocarbonyl (C=S) groups is 1. The Hall–Kier alpha value is -2.53. The van der Waals surface area contributed by atoms with Gasteiger partial charge in [-0.05, 0) is 41.8 Å². The number of nitrogens with zero attached hydrogens (tertiary/aromatic N) is 1. The Morgan fingerprint density at radius 2 is 2.22 bits per heavy atom. The van der Waals surface area contributed by atoms with Crippen LogP contribution in [-0.2, 0) is 11.2 Å². The number of carbonyl (C=O) groups excluding carboxylic acids is 1. The predicted octanol–water partition coefficient (Wildman–Crippen LogP) is 3.18. The smallest absolute Gasteiger partial charge is 0.308 e. The molecule has 0 fully saturated rings. The van der Waals surface area contributed by atoms with Crippen LogP contribution in [0, 0.1) is 0 Å². The fourth-order valence-corrected chi connectivity index (χ4v) is 2.14. The van der Waals surface area contributed by atoms with Crippen LogP contribution in [0.5, 0.6) is 5.75 Å². The van der Waals surface area contributed by atoms with Crippen molar-refractivity contribution in [2.75, 3.05) is 6.54 Å². The summed E-state index contributed by atoms with van der Waals surface area (Å²) in [6.45, 7) is 2.10. The molecule has 0 bridgehead atoms. The van der Waals surface area contributed by atoms with Crippen molar-refractivity contribution in [1.82, 2.24) is 10.3 Å². The highest BCUT2D eigenvalue weighted by molar-refractivity contribution is 7.80. The third-order valence-electron chi connectivity index (χ3n) is 2.98. The molecule has 0 saturated carbocycles. The first kappa shape index (κ1) is 16.8. The van der Waals surface area contributed by atoms with Crippen molar-refractivity contribution in [1.29, 1.82) is 0 Å². The van der Waals surface area contributed by atoms with Crippen LogP contribution in [0.2, 0.25) is 0 Å². The lowest BCUT2D eigenvalue weighted by Crippen LogP contribution is -2.21. The van der Waals surface area contributed by atoms with Crippen LogP contribution in [0.4, 0.5) is 0 Å². The Labute approximate surface area is 141 Å². The number of rotatable bonds is 6. The monoisotopic (exact) mass is 326 g/mol. The number of benzene rings is 1. The van der Waals surface area contributed by atoms with Gasteiger partial charge in [0, 0.05) is 25.9 Å². The summed E-state index contributed by atoms with van der Waals surface area (Å²) < 4.78 is 5.07. The summed E-state index contributed by atoms with van der Waals surface area (Å²) in [5.41, 5.74) is 2.08. The molecule has 0 aliphatic rings. The molecule has 0 aliphatic heterocycles. The van der Waals surface area contributed by atoms with E-state index in [0.717, 1.165) is 17.5 Å². The number of ether oxygens (including phenoxy) is 1. The zero-order chi connectivity index (χ0) is 16.5. The molecule has 0 radical (unpaired) electrons. The Balaban J connectivity index is 1.79. The molecule has 0 unspecified atom stereocenters. The van der Waals surface area contributed by atoms with E-state index in [2.05, 4.69) is 10.3 Å². The van der Waals surface area contributed by atoms with Gasteiger partial charge in [-0.1, -0.05) is 36.5 Å². The van der Waals surface area contributed by atoms with Crippen LogP contribution in [0.3, 0.4) is 0 Å². The first-order chi connectivity index (χ1) is 11.1. The van der Waals surface area contributed by atoms with E-state index in [1.54, 1.807) is 18.5 Å². The van der Waals surface area contributed by atoms with Gasteiger partial charge in [0.05, 0.1) is 4.99 Å². The molecule has 2 rings (SSSR count). The van der Waals surface area contributed by atoms with Crippen molar-refractivity contribution >= 4 is 29.3 Å². The van der Waals surface area contributed by atoms with Crippen molar-refractivity contribution in [2.24, 2.45) is 0 Å². The van der Waals surface area contributed by atoms with Crippen molar-refractivity contribution in [3.8, 4) is 5.75 Å². The van der Waals surface area contributed by atoms with Gasteiger partial charge >= 0.3 is 5.97 Å². The van der Waals surface area contributed by atoms with E-state index in [0.29, 0.717) is 17.3 Å². The molecule has 0 aliphatic carbocycles. The predicted molar refractivity (Wildman–Crippen MR) is 95.3 cm³/mol. The number of nitrogens with one attached hydrogen (secondary N) is 1. The van der Waals surface area contributed by atoms with E-state index in [1.807, 2.05) is 42.5 Å². The van der Waals surface area contributed by atoms with Gasteiger partial charge < -0.3 is 10.1 Å². The Morgan fingerprint density at radius 3 is 2.96 bits per heavy atom. The molecule has 5 heteroatoms. The lowest BCUT2D eigenvalue weighted by Gasteiger charge is -2.06. The number of esters is 1. The maximum absolute atomic E-state index is 11.0. The molecule has 1 aromatic heterocycles. The average molecular weight is 326 g/mol.